The van der Waals surface area contributed by atoms with Crippen molar-refractivity contribution in [3.63, 3.8) is 0 Å². The first-order valence-electron chi connectivity index (χ1n) is 10.8. The van der Waals surface area contributed by atoms with Crippen LogP contribution >= 0.6 is 11.6 Å². The number of rotatable bonds is 6. The van der Waals surface area contributed by atoms with Crippen molar-refractivity contribution in [3.05, 3.63) is 94.5 Å². The van der Waals surface area contributed by atoms with Crippen molar-refractivity contribution < 1.29 is 14.3 Å². The number of nitrogens with zero attached hydrogens (tertiary/aromatic N) is 1. The molecule has 0 spiro atoms. The first kappa shape index (κ1) is 22.5. The van der Waals surface area contributed by atoms with Crippen molar-refractivity contribution in [2.24, 2.45) is 0 Å². The highest BCUT2D eigenvalue weighted by Crippen LogP contribution is 2.27. The third-order valence-corrected chi connectivity index (χ3v) is 5.57. The number of benzene rings is 3. The highest BCUT2D eigenvalue weighted by molar-refractivity contribution is 6.30. The summed E-state index contributed by atoms with van der Waals surface area (Å²) >= 11 is 6.03. The second-order valence-corrected chi connectivity index (χ2v) is 7.96. The molecule has 6 heteroatoms. The molecule has 0 aliphatic rings. The van der Waals surface area contributed by atoms with E-state index in [-0.39, 0.29) is 5.91 Å². The number of amides is 1. The van der Waals surface area contributed by atoms with E-state index in [0.717, 1.165) is 28.5 Å². The van der Waals surface area contributed by atoms with Crippen LogP contribution in [0.2, 0.25) is 5.02 Å². The van der Waals surface area contributed by atoms with Crippen molar-refractivity contribution in [3.8, 4) is 11.3 Å². The second-order valence-electron chi connectivity index (χ2n) is 7.52. The molecular weight excluding hydrogens is 436 g/mol. The van der Waals surface area contributed by atoms with Crippen LogP contribution in [0.4, 0.5) is 5.69 Å². The molecule has 0 saturated heterocycles. The summed E-state index contributed by atoms with van der Waals surface area (Å²) in [6, 6.07) is 21.8. The predicted octanol–water partition coefficient (Wildman–Crippen LogP) is 6.55. The molecule has 0 fully saturated rings. The summed E-state index contributed by atoms with van der Waals surface area (Å²) in [5, 5.41) is 4.35. The number of aryl methyl sites for hydroxylation is 1. The van der Waals surface area contributed by atoms with E-state index in [2.05, 4.69) is 12.2 Å². The van der Waals surface area contributed by atoms with E-state index in [9.17, 15) is 9.59 Å². The third-order valence-electron chi connectivity index (χ3n) is 5.32. The van der Waals surface area contributed by atoms with Gasteiger partial charge in [-0.1, -0.05) is 36.7 Å². The number of carbonyl (C=O) groups is 2. The van der Waals surface area contributed by atoms with Gasteiger partial charge in [0.05, 0.1) is 28.9 Å². The maximum absolute atomic E-state index is 13.3. The van der Waals surface area contributed by atoms with Gasteiger partial charge >= 0.3 is 5.97 Å². The minimum atomic E-state index is -0.393. The number of halogens is 1. The molecule has 0 aliphatic carbocycles. The molecule has 0 unspecified atom stereocenters. The first-order valence-corrected chi connectivity index (χ1v) is 11.1. The maximum atomic E-state index is 13.3. The fraction of sp³-hybridized carbons (Fsp3) is 0.148. The second kappa shape index (κ2) is 9.84. The molecule has 33 heavy (non-hydrogen) atoms. The van der Waals surface area contributed by atoms with E-state index in [0.29, 0.717) is 34.1 Å². The Labute approximate surface area is 197 Å². The minimum absolute atomic E-state index is 0.255. The number of hydrogen-bond acceptors (Lipinski definition) is 4. The summed E-state index contributed by atoms with van der Waals surface area (Å²) in [7, 11) is 0. The van der Waals surface area contributed by atoms with Crippen LogP contribution in [-0.2, 0) is 11.2 Å². The molecule has 0 saturated carbocycles. The molecule has 4 rings (SSSR count). The lowest BCUT2D eigenvalue weighted by molar-refractivity contribution is 0.0526. The molecule has 0 bridgehead atoms. The summed E-state index contributed by atoms with van der Waals surface area (Å²) in [5.41, 5.74) is 4.95. The Morgan fingerprint density at radius 3 is 2.33 bits per heavy atom. The number of pyridine rings is 1. The topological polar surface area (TPSA) is 68.3 Å². The van der Waals surface area contributed by atoms with E-state index >= 15 is 0 Å². The van der Waals surface area contributed by atoms with Crippen LogP contribution < -0.4 is 5.32 Å². The van der Waals surface area contributed by atoms with Gasteiger partial charge in [0.2, 0.25) is 0 Å². The number of ether oxygens (including phenoxy) is 1. The van der Waals surface area contributed by atoms with Crippen molar-refractivity contribution >= 4 is 40.1 Å². The van der Waals surface area contributed by atoms with E-state index in [4.69, 9.17) is 21.3 Å². The fourth-order valence-corrected chi connectivity index (χ4v) is 3.68. The molecule has 1 N–H and O–H groups in total. The monoisotopic (exact) mass is 458 g/mol. The number of esters is 1. The predicted molar refractivity (Wildman–Crippen MR) is 132 cm³/mol. The highest BCUT2D eigenvalue weighted by atomic mass is 35.5. The number of hydrogen-bond donors (Lipinski definition) is 1. The summed E-state index contributed by atoms with van der Waals surface area (Å²) in [5.74, 6) is -0.648. The molecule has 0 atom stereocenters. The van der Waals surface area contributed by atoms with Gasteiger partial charge in [0.15, 0.2) is 0 Å². The number of fused-ring (bicyclic) bond motifs is 1. The molecule has 5 nitrogen and oxygen atoms in total. The standard InChI is InChI=1S/C27H23ClN2O3/c1-3-17-5-14-24-22(15-17)23(16-25(30-24)18-6-10-20(28)11-7-18)26(31)29-21-12-8-19(9-13-21)27(32)33-4-2/h5-16H,3-4H2,1-2H3,(H,29,31). The van der Waals surface area contributed by atoms with Gasteiger partial charge in [-0.15, -0.1) is 0 Å². The number of anilines is 1. The third kappa shape index (κ3) is 5.04. The van der Waals surface area contributed by atoms with E-state index in [1.807, 2.05) is 30.3 Å². The highest BCUT2D eigenvalue weighted by Gasteiger charge is 2.16. The maximum Gasteiger partial charge on any atom is 0.338 e. The lowest BCUT2D eigenvalue weighted by Gasteiger charge is -2.12. The summed E-state index contributed by atoms with van der Waals surface area (Å²) in [4.78, 5) is 30.0. The lowest BCUT2D eigenvalue weighted by atomic mass is 10.0. The first-order chi connectivity index (χ1) is 16.0. The molecule has 4 aromatic rings. The van der Waals surface area contributed by atoms with Crippen LogP contribution in [0.1, 0.15) is 40.1 Å². The zero-order valence-electron chi connectivity index (χ0n) is 18.4. The lowest BCUT2D eigenvalue weighted by Crippen LogP contribution is -2.13. The number of aromatic nitrogens is 1. The van der Waals surface area contributed by atoms with Crippen LogP contribution in [-0.4, -0.2) is 23.5 Å². The van der Waals surface area contributed by atoms with Crippen molar-refractivity contribution in [2.45, 2.75) is 20.3 Å². The minimum Gasteiger partial charge on any atom is -0.462 e. The zero-order valence-corrected chi connectivity index (χ0v) is 19.1. The molecule has 166 valence electrons. The van der Waals surface area contributed by atoms with Gasteiger partial charge in [-0.05, 0) is 73.5 Å². The van der Waals surface area contributed by atoms with E-state index in [1.54, 1.807) is 49.4 Å². The van der Waals surface area contributed by atoms with Gasteiger partial charge in [-0.25, -0.2) is 9.78 Å². The van der Waals surface area contributed by atoms with E-state index < -0.39 is 5.97 Å². The van der Waals surface area contributed by atoms with Gasteiger partial charge in [-0.3, -0.25) is 4.79 Å². The van der Waals surface area contributed by atoms with Crippen LogP contribution in [0.25, 0.3) is 22.2 Å². The van der Waals surface area contributed by atoms with Gasteiger partial charge < -0.3 is 10.1 Å². The van der Waals surface area contributed by atoms with Gasteiger partial charge in [0, 0.05) is 21.7 Å². The van der Waals surface area contributed by atoms with E-state index in [1.165, 1.54) is 0 Å². The number of carbonyl (C=O) groups excluding carboxylic acids is 2. The molecule has 3 aromatic carbocycles. The van der Waals surface area contributed by atoms with Crippen LogP contribution in [0.3, 0.4) is 0 Å². The Morgan fingerprint density at radius 1 is 0.939 bits per heavy atom. The van der Waals surface area contributed by atoms with Crippen LogP contribution in [0.15, 0.2) is 72.8 Å². The summed E-state index contributed by atoms with van der Waals surface area (Å²) < 4.78 is 5.01. The Kier molecular flexibility index (Phi) is 6.71. The smallest absolute Gasteiger partial charge is 0.338 e. The van der Waals surface area contributed by atoms with Crippen LogP contribution in [0.5, 0.6) is 0 Å². The summed E-state index contributed by atoms with van der Waals surface area (Å²) in [6.45, 7) is 4.14. The number of nitrogens with one attached hydrogen (secondary N) is 1. The van der Waals surface area contributed by atoms with Crippen molar-refractivity contribution in [1.82, 2.24) is 4.98 Å². The molecule has 1 heterocycles. The molecule has 1 aromatic heterocycles. The Hall–Kier alpha value is -3.70. The quantitative estimate of drug-likeness (QED) is 0.333. The van der Waals surface area contributed by atoms with Crippen molar-refractivity contribution in [2.75, 3.05) is 11.9 Å². The Balaban J connectivity index is 1.72. The van der Waals surface area contributed by atoms with Gasteiger partial charge in [-0.2, -0.15) is 0 Å². The fourth-order valence-electron chi connectivity index (χ4n) is 3.55. The SMILES string of the molecule is CCOC(=O)c1ccc(NC(=O)c2cc(-c3ccc(Cl)cc3)nc3ccc(CC)cc23)cc1. The zero-order chi connectivity index (χ0) is 23.4. The molecular formula is C27H23ClN2O3. The van der Waals surface area contributed by atoms with Crippen LogP contribution in [0, 0.1) is 0 Å². The molecule has 1 amide bonds. The Morgan fingerprint density at radius 2 is 1.67 bits per heavy atom. The van der Waals surface area contributed by atoms with Gasteiger partial charge in [0.25, 0.3) is 5.91 Å². The van der Waals surface area contributed by atoms with Crippen molar-refractivity contribution in [1.29, 1.82) is 0 Å². The average molecular weight is 459 g/mol. The molecule has 0 radical (unpaired) electrons. The largest absolute Gasteiger partial charge is 0.462 e. The molecule has 0 aliphatic heterocycles. The normalized spacial score (nSPS) is 10.8. The summed E-state index contributed by atoms with van der Waals surface area (Å²) in [6.07, 6.45) is 0.852. The average Bonchev–Trinajstić information content (AvgIpc) is 2.84. The Bertz CT molecular complexity index is 1320. The van der Waals surface area contributed by atoms with Gasteiger partial charge in [0.1, 0.15) is 0 Å².